The Hall–Kier alpha value is -0.930. The maximum atomic E-state index is 13.5. The molecular weight excluding hydrogens is 400 g/mol. The molecule has 0 aromatic heterocycles. The van der Waals surface area contributed by atoms with Crippen LogP contribution in [0.2, 0.25) is 0 Å². The molecule has 0 fully saturated rings. The molecule has 0 spiro atoms. The van der Waals surface area contributed by atoms with E-state index in [1.54, 1.807) is 26.3 Å². The molecule has 5 nitrogen and oxygen atoms in total. The average Bonchev–Trinajstić information content (AvgIpc) is 2.50. The van der Waals surface area contributed by atoms with E-state index in [2.05, 4.69) is 15.6 Å². The van der Waals surface area contributed by atoms with Crippen LogP contribution in [0.3, 0.4) is 0 Å². The van der Waals surface area contributed by atoms with E-state index in [9.17, 15) is 4.39 Å². The van der Waals surface area contributed by atoms with Crippen molar-refractivity contribution in [2.45, 2.75) is 20.1 Å². The van der Waals surface area contributed by atoms with Crippen molar-refractivity contribution in [3.63, 3.8) is 0 Å². The summed E-state index contributed by atoms with van der Waals surface area (Å²) in [6.07, 6.45) is 0. The van der Waals surface area contributed by atoms with Gasteiger partial charge in [-0.3, -0.25) is 4.99 Å². The molecular formula is C15H25FIN3O2. The van der Waals surface area contributed by atoms with Crippen LogP contribution in [0.25, 0.3) is 0 Å². The van der Waals surface area contributed by atoms with Gasteiger partial charge < -0.3 is 20.1 Å². The van der Waals surface area contributed by atoms with Gasteiger partial charge in [-0.05, 0) is 24.6 Å². The van der Waals surface area contributed by atoms with Gasteiger partial charge in [0, 0.05) is 39.4 Å². The van der Waals surface area contributed by atoms with Gasteiger partial charge in [-0.15, -0.1) is 24.0 Å². The van der Waals surface area contributed by atoms with Crippen molar-refractivity contribution in [2.24, 2.45) is 4.99 Å². The minimum absolute atomic E-state index is 0. The first-order valence-corrected chi connectivity index (χ1v) is 6.99. The number of hydrogen-bond acceptors (Lipinski definition) is 3. The Labute approximate surface area is 148 Å². The lowest BCUT2D eigenvalue weighted by molar-refractivity contribution is 0.152. The number of nitrogens with one attached hydrogen (secondary N) is 2. The van der Waals surface area contributed by atoms with E-state index in [1.807, 2.05) is 6.92 Å². The summed E-state index contributed by atoms with van der Waals surface area (Å²) in [5, 5.41) is 6.31. The summed E-state index contributed by atoms with van der Waals surface area (Å²) in [5.41, 5.74) is 1.52. The normalized spacial score (nSPS) is 11.0. The molecule has 1 rings (SSSR count). The first kappa shape index (κ1) is 21.1. The molecule has 1 aromatic carbocycles. The zero-order chi connectivity index (χ0) is 15.5. The number of halogens is 2. The van der Waals surface area contributed by atoms with Crippen molar-refractivity contribution in [2.75, 3.05) is 33.9 Å². The number of aliphatic imine (C=N–C) groups is 1. The van der Waals surface area contributed by atoms with Crippen LogP contribution < -0.4 is 10.6 Å². The van der Waals surface area contributed by atoms with Crippen LogP contribution in [0, 0.1) is 5.82 Å². The van der Waals surface area contributed by atoms with Crippen molar-refractivity contribution in [3.8, 4) is 0 Å². The van der Waals surface area contributed by atoms with Gasteiger partial charge in [0.15, 0.2) is 5.96 Å². The fraction of sp³-hybridized carbons (Fsp3) is 0.533. The maximum Gasteiger partial charge on any atom is 0.191 e. The summed E-state index contributed by atoms with van der Waals surface area (Å²) >= 11 is 0. The van der Waals surface area contributed by atoms with Crippen molar-refractivity contribution in [1.82, 2.24) is 10.6 Å². The number of hydrogen-bond donors (Lipinski definition) is 2. The van der Waals surface area contributed by atoms with Crippen molar-refractivity contribution in [1.29, 1.82) is 0 Å². The number of benzene rings is 1. The number of methoxy groups -OCH3 is 1. The molecule has 0 saturated heterocycles. The van der Waals surface area contributed by atoms with Gasteiger partial charge in [-0.25, -0.2) is 4.39 Å². The molecule has 126 valence electrons. The third-order valence-electron chi connectivity index (χ3n) is 2.84. The Morgan fingerprint density at radius 2 is 2.09 bits per heavy atom. The minimum Gasteiger partial charge on any atom is -0.380 e. The van der Waals surface area contributed by atoms with Gasteiger partial charge in [0.25, 0.3) is 0 Å². The van der Waals surface area contributed by atoms with Crippen molar-refractivity contribution in [3.05, 3.63) is 35.1 Å². The summed E-state index contributed by atoms with van der Waals surface area (Å²) < 4.78 is 23.7. The van der Waals surface area contributed by atoms with E-state index in [-0.39, 0.29) is 36.4 Å². The molecule has 0 atom stereocenters. The fourth-order valence-electron chi connectivity index (χ4n) is 1.80. The minimum atomic E-state index is -0.250. The van der Waals surface area contributed by atoms with E-state index in [0.717, 1.165) is 5.56 Å². The van der Waals surface area contributed by atoms with E-state index in [1.165, 1.54) is 6.07 Å². The van der Waals surface area contributed by atoms with Crippen molar-refractivity contribution < 1.29 is 13.9 Å². The van der Waals surface area contributed by atoms with Crippen LogP contribution in [0.15, 0.2) is 23.2 Å². The van der Waals surface area contributed by atoms with E-state index in [0.29, 0.717) is 37.8 Å². The van der Waals surface area contributed by atoms with Gasteiger partial charge in [-0.1, -0.05) is 6.07 Å². The predicted molar refractivity (Wildman–Crippen MR) is 97.2 cm³/mol. The molecule has 0 aliphatic rings. The molecule has 2 N–H and O–H groups in total. The van der Waals surface area contributed by atoms with Gasteiger partial charge in [0.2, 0.25) is 0 Å². The molecule has 0 saturated carbocycles. The van der Waals surface area contributed by atoms with Crippen LogP contribution in [0.5, 0.6) is 0 Å². The monoisotopic (exact) mass is 425 g/mol. The second kappa shape index (κ2) is 12.6. The first-order valence-electron chi connectivity index (χ1n) is 6.99. The molecule has 0 amide bonds. The molecule has 7 heteroatoms. The van der Waals surface area contributed by atoms with Crippen LogP contribution in [-0.4, -0.2) is 39.9 Å². The standard InChI is InChI=1S/C15H24FN3O2.HI/c1-4-21-8-7-18-15(17-2)19-10-12-5-6-14(16)13(9-12)11-20-3;/h5-6,9H,4,7-8,10-11H2,1-3H3,(H2,17,18,19);1H. The Balaban J connectivity index is 0.00000441. The molecule has 0 unspecified atom stereocenters. The molecule has 0 heterocycles. The third-order valence-corrected chi connectivity index (χ3v) is 2.84. The maximum absolute atomic E-state index is 13.5. The molecule has 0 bridgehead atoms. The summed E-state index contributed by atoms with van der Waals surface area (Å²) in [5.74, 6) is 0.437. The molecule has 0 radical (unpaired) electrons. The van der Waals surface area contributed by atoms with E-state index < -0.39 is 0 Å². The Morgan fingerprint density at radius 1 is 1.32 bits per heavy atom. The highest BCUT2D eigenvalue weighted by atomic mass is 127. The van der Waals surface area contributed by atoms with Gasteiger partial charge in [-0.2, -0.15) is 0 Å². The van der Waals surface area contributed by atoms with Gasteiger partial charge in [0.05, 0.1) is 13.2 Å². The quantitative estimate of drug-likeness (QED) is 0.291. The number of rotatable bonds is 8. The lowest BCUT2D eigenvalue weighted by Gasteiger charge is -2.12. The first-order chi connectivity index (χ1) is 10.2. The Kier molecular flexibility index (Phi) is 12.1. The molecule has 1 aromatic rings. The summed E-state index contributed by atoms with van der Waals surface area (Å²) in [7, 11) is 3.26. The van der Waals surface area contributed by atoms with E-state index >= 15 is 0 Å². The Morgan fingerprint density at radius 3 is 2.73 bits per heavy atom. The highest BCUT2D eigenvalue weighted by Gasteiger charge is 2.04. The summed E-state index contributed by atoms with van der Waals surface area (Å²) in [6.45, 7) is 4.80. The highest BCUT2D eigenvalue weighted by Crippen LogP contribution is 2.11. The smallest absolute Gasteiger partial charge is 0.191 e. The second-order valence-electron chi connectivity index (χ2n) is 4.41. The summed E-state index contributed by atoms with van der Waals surface area (Å²) in [4.78, 5) is 4.12. The summed E-state index contributed by atoms with van der Waals surface area (Å²) in [6, 6.07) is 4.99. The number of guanidine groups is 1. The van der Waals surface area contributed by atoms with Crippen LogP contribution in [0.1, 0.15) is 18.1 Å². The van der Waals surface area contributed by atoms with Gasteiger partial charge in [0.1, 0.15) is 5.82 Å². The highest BCUT2D eigenvalue weighted by molar-refractivity contribution is 14.0. The molecule has 0 aliphatic carbocycles. The zero-order valence-corrected chi connectivity index (χ0v) is 15.6. The number of ether oxygens (including phenoxy) is 2. The van der Waals surface area contributed by atoms with Crippen molar-refractivity contribution >= 4 is 29.9 Å². The fourth-order valence-corrected chi connectivity index (χ4v) is 1.80. The zero-order valence-electron chi connectivity index (χ0n) is 13.3. The molecule has 0 aliphatic heterocycles. The van der Waals surface area contributed by atoms with Crippen LogP contribution in [-0.2, 0) is 22.6 Å². The molecule has 22 heavy (non-hydrogen) atoms. The number of nitrogens with zero attached hydrogens (tertiary/aromatic N) is 1. The predicted octanol–water partition coefficient (Wildman–Crippen LogP) is 2.29. The topological polar surface area (TPSA) is 54.9 Å². The SMILES string of the molecule is CCOCCNC(=NC)NCc1ccc(F)c(COC)c1.I. The second-order valence-corrected chi connectivity index (χ2v) is 4.41. The van der Waals surface area contributed by atoms with Crippen LogP contribution >= 0.6 is 24.0 Å². The lowest BCUT2D eigenvalue weighted by atomic mass is 10.1. The average molecular weight is 425 g/mol. The third kappa shape index (κ3) is 7.90. The Bertz CT molecular complexity index is 458. The lowest BCUT2D eigenvalue weighted by Crippen LogP contribution is -2.38. The largest absolute Gasteiger partial charge is 0.380 e. The van der Waals surface area contributed by atoms with Crippen LogP contribution in [0.4, 0.5) is 4.39 Å². The van der Waals surface area contributed by atoms with Gasteiger partial charge >= 0.3 is 0 Å². The van der Waals surface area contributed by atoms with E-state index in [4.69, 9.17) is 9.47 Å².